The first-order valence-electron chi connectivity index (χ1n) is 9.53. The van der Waals surface area contributed by atoms with Gasteiger partial charge in [-0.1, -0.05) is 0 Å². The summed E-state index contributed by atoms with van der Waals surface area (Å²) < 4.78 is 56.1. The van der Waals surface area contributed by atoms with Crippen LogP contribution in [0.1, 0.15) is 18.4 Å². The molecule has 0 spiro atoms. The molecule has 1 aliphatic heterocycles. The quantitative estimate of drug-likeness (QED) is 0.590. The van der Waals surface area contributed by atoms with Gasteiger partial charge in [-0.15, -0.1) is 0 Å². The van der Waals surface area contributed by atoms with Crippen LogP contribution < -0.4 is 0 Å². The number of rotatable bonds is 5. The normalized spacial score (nSPS) is 19.9. The van der Waals surface area contributed by atoms with Gasteiger partial charge in [-0.05, 0) is 0 Å². The van der Waals surface area contributed by atoms with Gasteiger partial charge in [-0.3, -0.25) is 0 Å². The SMILES string of the molecule is COC(=O)N1CCC[C@@H]([AsH]S(C)(=O)=O)[C@H]1Cc1cccc(-c2cc(F)cc(F)c2)c1. The molecule has 0 radical (unpaired) electrons. The zero-order valence-corrected chi connectivity index (χ0v) is 19.7. The van der Waals surface area contributed by atoms with Crippen LogP contribution in [0.15, 0.2) is 42.5 Å². The molecule has 3 atom stereocenters. The number of nitrogens with zero attached hydrogens (tertiary/aromatic N) is 1. The average Bonchev–Trinajstić information content (AvgIpc) is 2.67. The summed E-state index contributed by atoms with van der Waals surface area (Å²) in [6.45, 7) is 0.512. The van der Waals surface area contributed by atoms with Crippen molar-refractivity contribution in [1.82, 2.24) is 4.90 Å². The molecule has 1 saturated heterocycles. The molecular weight excluding hydrogens is 475 g/mol. The zero-order valence-electron chi connectivity index (χ0n) is 16.8. The number of halogens is 2. The van der Waals surface area contributed by atoms with E-state index in [1.807, 2.05) is 12.1 Å². The minimum atomic E-state index is -3.10. The molecule has 9 heteroatoms. The molecule has 2 aromatic carbocycles. The summed E-state index contributed by atoms with van der Waals surface area (Å²) in [6, 6.07) is 10.3. The van der Waals surface area contributed by atoms with E-state index in [0.29, 0.717) is 24.1 Å². The van der Waals surface area contributed by atoms with Gasteiger partial charge in [0.05, 0.1) is 0 Å². The summed E-state index contributed by atoms with van der Waals surface area (Å²) >= 11 is -1.33. The minimum absolute atomic E-state index is 0.0943. The van der Waals surface area contributed by atoms with Crippen molar-refractivity contribution in [1.29, 1.82) is 0 Å². The second kappa shape index (κ2) is 9.48. The van der Waals surface area contributed by atoms with E-state index >= 15 is 0 Å². The van der Waals surface area contributed by atoms with Gasteiger partial charge in [0.25, 0.3) is 0 Å². The Labute approximate surface area is 181 Å². The van der Waals surface area contributed by atoms with Gasteiger partial charge in [0, 0.05) is 0 Å². The number of ether oxygens (including phenoxy) is 1. The van der Waals surface area contributed by atoms with Crippen LogP contribution in [0.3, 0.4) is 0 Å². The van der Waals surface area contributed by atoms with Crippen molar-refractivity contribution in [2.75, 3.05) is 19.9 Å². The predicted molar refractivity (Wildman–Crippen MR) is 113 cm³/mol. The monoisotopic (exact) mass is 499 g/mol. The van der Waals surface area contributed by atoms with E-state index in [-0.39, 0.29) is 10.7 Å². The Morgan fingerprint density at radius 2 is 1.87 bits per heavy atom. The fourth-order valence-corrected chi connectivity index (χ4v) is 11.0. The van der Waals surface area contributed by atoms with Crippen LogP contribution >= 0.6 is 0 Å². The first kappa shape index (κ1) is 22.8. The summed E-state index contributed by atoms with van der Waals surface area (Å²) in [6.07, 6.45) is 2.72. The van der Waals surface area contributed by atoms with Crippen molar-refractivity contribution in [2.24, 2.45) is 0 Å². The summed E-state index contributed by atoms with van der Waals surface area (Å²) in [5.41, 5.74) is 1.94. The molecule has 0 bridgehead atoms. The molecule has 0 aromatic heterocycles. The van der Waals surface area contributed by atoms with E-state index in [4.69, 9.17) is 4.74 Å². The Kier molecular flexibility index (Phi) is 7.19. The Morgan fingerprint density at radius 3 is 2.50 bits per heavy atom. The molecule has 1 fully saturated rings. The molecule has 0 N–H and O–H groups in total. The maximum absolute atomic E-state index is 13.6. The van der Waals surface area contributed by atoms with E-state index in [1.165, 1.54) is 25.5 Å². The topological polar surface area (TPSA) is 63.7 Å². The molecule has 3 rings (SSSR count). The molecule has 30 heavy (non-hydrogen) atoms. The van der Waals surface area contributed by atoms with Gasteiger partial charge < -0.3 is 0 Å². The third-order valence-corrected chi connectivity index (χ3v) is 11.9. The molecule has 162 valence electrons. The number of carbonyl (C=O) groups excluding carboxylic acids is 1. The van der Waals surface area contributed by atoms with Crippen molar-refractivity contribution in [3.63, 3.8) is 0 Å². The van der Waals surface area contributed by atoms with Crippen LogP contribution in [0, 0.1) is 11.6 Å². The Hall–Kier alpha value is -1.92. The van der Waals surface area contributed by atoms with Gasteiger partial charge in [0.2, 0.25) is 0 Å². The van der Waals surface area contributed by atoms with Crippen LogP contribution in [0.5, 0.6) is 0 Å². The third kappa shape index (κ3) is 5.82. The second-order valence-electron chi connectivity index (χ2n) is 7.43. The molecule has 1 amide bonds. The van der Waals surface area contributed by atoms with Gasteiger partial charge in [-0.2, -0.15) is 0 Å². The summed E-state index contributed by atoms with van der Waals surface area (Å²) in [5, 5.41) is 0. The second-order valence-corrected chi connectivity index (χ2v) is 16.9. The molecule has 1 heterocycles. The van der Waals surface area contributed by atoms with Crippen molar-refractivity contribution in [2.45, 2.75) is 30.0 Å². The van der Waals surface area contributed by atoms with Gasteiger partial charge >= 0.3 is 181 Å². The molecule has 0 aliphatic carbocycles. The maximum atomic E-state index is 13.6. The Bertz CT molecular complexity index is 1010. The van der Waals surface area contributed by atoms with Gasteiger partial charge in [0.1, 0.15) is 0 Å². The zero-order chi connectivity index (χ0) is 21.9. The van der Waals surface area contributed by atoms with Gasteiger partial charge in [-0.25, -0.2) is 0 Å². The molecule has 1 unspecified atom stereocenters. The van der Waals surface area contributed by atoms with Crippen molar-refractivity contribution in [3.05, 3.63) is 59.7 Å². The van der Waals surface area contributed by atoms with E-state index < -0.39 is 40.4 Å². The van der Waals surface area contributed by atoms with E-state index in [0.717, 1.165) is 24.5 Å². The number of likely N-dealkylation sites (tertiary alicyclic amines) is 1. The first-order valence-corrected chi connectivity index (χ1v) is 15.2. The summed E-state index contributed by atoms with van der Waals surface area (Å²) in [5.74, 6) is -1.31. The third-order valence-electron chi connectivity index (χ3n) is 5.12. The Balaban J connectivity index is 1.92. The van der Waals surface area contributed by atoms with Crippen LogP contribution in [0.25, 0.3) is 11.1 Å². The number of amides is 1. The summed E-state index contributed by atoms with van der Waals surface area (Å²) in [7, 11) is -1.79. The van der Waals surface area contributed by atoms with E-state index in [9.17, 15) is 22.0 Å². The first-order chi connectivity index (χ1) is 14.2. The number of benzene rings is 2. The molecule has 0 saturated carbocycles. The van der Waals surface area contributed by atoms with Crippen LogP contribution in [-0.4, -0.2) is 60.0 Å². The van der Waals surface area contributed by atoms with Crippen LogP contribution in [-0.2, 0) is 19.3 Å². The molecule has 1 aliphatic rings. The predicted octanol–water partition coefficient (Wildman–Crippen LogP) is 3.59. The van der Waals surface area contributed by atoms with Crippen molar-refractivity contribution >= 4 is 28.8 Å². The van der Waals surface area contributed by atoms with Crippen molar-refractivity contribution in [3.8, 4) is 11.1 Å². The Morgan fingerprint density at radius 1 is 1.17 bits per heavy atom. The standard InChI is InChI=1S/C21H24AsF2NO4S/c1-29-21(26)25-8-4-7-19(22-30(2,27)28)20(25)10-14-5-3-6-15(9-14)16-11-17(23)13-18(24)12-16/h3,5-6,9,11-13,19-20,22H,4,7-8,10H2,1-2H3/t19-,20-/m1/s1. The number of hydrogen-bond donors (Lipinski definition) is 0. The van der Waals surface area contributed by atoms with Gasteiger partial charge in [0.15, 0.2) is 0 Å². The van der Waals surface area contributed by atoms with E-state index in [1.54, 1.807) is 17.0 Å². The molecular formula is C21H24AsF2NO4S. The molecule has 5 nitrogen and oxygen atoms in total. The fraction of sp³-hybridized carbons (Fsp3) is 0.381. The molecule has 2 aromatic rings. The number of hydrogen-bond acceptors (Lipinski definition) is 4. The van der Waals surface area contributed by atoms with Crippen LogP contribution in [0.4, 0.5) is 13.6 Å². The fourth-order valence-electron chi connectivity index (χ4n) is 3.91. The number of piperidine rings is 1. The number of carbonyl (C=O) groups is 1. The summed E-state index contributed by atoms with van der Waals surface area (Å²) in [4.78, 5) is 13.9. The average molecular weight is 499 g/mol. The van der Waals surface area contributed by atoms with Crippen LogP contribution in [0.2, 0.25) is 4.71 Å². The van der Waals surface area contributed by atoms with Crippen molar-refractivity contribution < 1.29 is 26.7 Å². The number of methoxy groups -OCH3 is 1. The van der Waals surface area contributed by atoms with E-state index in [2.05, 4.69) is 0 Å².